The molecular formula is C16H20N4O2. The first-order valence-electron chi connectivity index (χ1n) is 7.52. The zero-order valence-corrected chi connectivity index (χ0v) is 13.1. The van der Waals surface area contributed by atoms with Crippen LogP contribution in [0.5, 0.6) is 0 Å². The Morgan fingerprint density at radius 2 is 2.05 bits per heavy atom. The van der Waals surface area contributed by atoms with Crippen LogP contribution in [-0.4, -0.2) is 32.5 Å². The van der Waals surface area contributed by atoms with Crippen molar-refractivity contribution in [1.82, 2.24) is 20.0 Å². The van der Waals surface area contributed by atoms with E-state index in [1.807, 2.05) is 37.8 Å². The molecule has 6 nitrogen and oxygen atoms in total. The molecule has 0 aliphatic carbocycles. The lowest BCUT2D eigenvalue weighted by Gasteiger charge is -2.29. The van der Waals surface area contributed by atoms with Gasteiger partial charge in [-0.05, 0) is 25.0 Å². The van der Waals surface area contributed by atoms with Gasteiger partial charge in [-0.1, -0.05) is 25.9 Å². The molecule has 0 N–H and O–H groups in total. The average Bonchev–Trinajstić information content (AvgIpc) is 3.15. The summed E-state index contributed by atoms with van der Waals surface area (Å²) in [5, 5.41) is 4.04. The summed E-state index contributed by atoms with van der Waals surface area (Å²) in [7, 11) is 0. The van der Waals surface area contributed by atoms with E-state index >= 15 is 0 Å². The molecule has 1 unspecified atom stereocenters. The number of carbonyl (C=O) groups excluding carboxylic acids is 1. The van der Waals surface area contributed by atoms with E-state index in [-0.39, 0.29) is 11.9 Å². The van der Waals surface area contributed by atoms with E-state index in [1.54, 1.807) is 12.4 Å². The maximum absolute atomic E-state index is 12.6. The molecule has 1 fully saturated rings. The first kappa shape index (κ1) is 14.7. The third-order valence-electron chi connectivity index (χ3n) is 3.82. The Hall–Kier alpha value is -2.24. The molecule has 0 aromatic carbocycles. The van der Waals surface area contributed by atoms with E-state index in [4.69, 9.17) is 4.52 Å². The fraction of sp³-hybridized carbons (Fsp3) is 0.500. The van der Waals surface area contributed by atoms with Crippen molar-refractivity contribution in [2.24, 2.45) is 5.41 Å². The third kappa shape index (κ3) is 2.73. The number of nitrogens with zero attached hydrogens (tertiary/aromatic N) is 4. The maximum Gasteiger partial charge on any atom is 0.249 e. The molecule has 0 spiro atoms. The summed E-state index contributed by atoms with van der Waals surface area (Å²) < 4.78 is 5.42. The summed E-state index contributed by atoms with van der Waals surface area (Å²) in [6, 6.07) is 3.55. The predicted octanol–water partition coefficient (Wildman–Crippen LogP) is 2.84. The second kappa shape index (κ2) is 5.51. The lowest BCUT2D eigenvalue weighted by molar-refractivity contribution is -0.140. The molecule has 1 aliphatic heterocycles. The van der Waals surface area contributed by atoms with Crippen molar-refractivity contribution < 1.29 is 9.32 Å². The normalized spacial score (nSPS) is 18.7. The van der Waals surface area contributed by atoms with Crippen molar-refractivity contribution in [3.63, 3.8) is 0 Å². The summed E-state index contributed by atoms with van der Waals surface area (Å²) in [6.07, 6.45) is 5.20. The Morgan fingerprint density at radius 1 is 1.32 bits per heavy atom. The van der Waals surface area contributed by atoms with Gasteiger partial charge in [0.2, 0.25) is 17.6 Å². The molecule has 0 bridgehead atoms. The summed E-state index contributed by atoms with van der Waals surface area (Å²) in [5.74, 6) is 1.17. The number of hydrogen-bond donors (Lipinski definition) is 0. The first-order valence-corrected chi connectivity index (χ1v) is 7.52. The van der Waals surface area contributed by atoms with Crippen molar-refractivity contribution in [2.45, 2.75) is 39.7 Å². The summed E-state index contributed by atoms with van der Waals surface area (Å²) in [4.78, 5) is 22.9. The highest BCUT2D eigenvalue weighted by molar-refractivity contribution is 5.82. The fourth-order valence-corrected chi connectivity index (χ4v) is 2.69. The molecule has 6 heteroatoms. The van der Waals surface area contributed by atoms with Crippen LogP contribution in [0.4, 0.5) is 0 Å². The smallest absolute Gasteiger partial charge is 0.249 e. The van der Waals surface area contributed by atoms with Crippen LogP contribution < -0.4 is 0 Å². The van der Waals surface area contributed by atoms with Crippen molar-refractivity contribution in [3.05, 3.63) is 30.4 Å². The van der Waals surface area contributed by atoms with Gasteiger partial charge in [-0.15, -0.1) is 0 Å². The molecule has 2 aromatic rings. The number of aromatic nitrogens is 3. The lowest BCUT2D eigenvalue weighted by atomic mass is 9.94. The van der Waals surface area contributed by atoms with E-state index in [0.29, 0.717) is 11.7 Å². The van der Waals surface area contributed by atoms with Crippen LogP contribution in [0.25, 0.3) is 11.4 Å². The van der Waals surface area contributed by atoms with Gasteiger partial charge in [-0.3, -0.25) is 9.78 Å². The number of rotatable bonds is 2. The molecule has 1 saturated heterocycles. The van der Waals surface area contributed by atoms with Gasteiger partial charge in [-0.25, -0.2) is 0 Å². The van der Waals surface area contributed by atoms with Crippen LogP contribution in [0.15, 0.2) is 29.0 Å². The Bertz CT molecular complexity index is 660. The van der Waals surface area contributed by atoms with Crippen molar-refractivity contribution in [3.8, 4) is 11.4 Å². The Balaban J connectivity index is 1.85. The fourth-order valence-electron chi connectivity index (χ4n) is 2.69. The van der Waals surface area contributed by atoms with Gasteiger partial charge >= 0.3 is 0 Å². The van der Waals surface area contributed by atoms with E-state index in [9.17, 15) is 4.79 Å². The summed E-state index contributed by atoms with van der Waals surface area (Å²) in [6.45, 7) is 6.54. The number of pyridine rings is 1. The van der Waals surface area contributed by atoms with E-state index < -0.39 is 5.41 Å². The van der Waals surface area contributed by atoms with Crippen LogP contribution in [-0.2, 0) is 4.79 Å². The molecule has 1 amide bonds. The molecule has 3 rings (SSSR count). The Labute approximate surface area is 129 Å². The van der Waals surface area contributed by atoms with Gasteiger partial charge in [0.15, 0.2) is 0 Å². The second-order valence-electron chi connectivity index (χ2n) is 6.60. The molecule has 0 radical (unpaired) electrons. The average molecular weight is 300 g/mol. The van der Waals surface area contributed by atoms with Gasteiger partial charge in [0.05, 0.1) is 0 Å². The van der Waals surface area contributed by atoms with E-state index in [0.717, 1.165) is 24.9 Å². The quantitative estimate of drug-likeness (QED) is 0.852. The van der Waals surface area contributed by atoms with Gasteiger partial charge in [0.25, 0.3) is 0 Å². The monoisotopic (exact) mass is 300 g/mol. The van der Waals surface area contributed by atoms with Crippen LogP contribution in [0.1, 0.15) is 45.5 Å². The number of likely N-dealkylation sites (tertiary alicyclic amines) is 1. The van der Waals surface area contributed by atoms with Crippen molar-refractivity contribution >= 4 is 5.91 Å². The van der Waals surface area contributed by atoms with Crippen LogP contribution in [0.2, 0.25) is 0 Å². The number of carbonyl (C=O) groups is 1. The van der Waals surface area contributed by atoms with Gasteiger partial charge in [-0.2, -0.15) is 4.98 Å². The molecule has 1 atom stereocenters. The van der Waals surface area contributed by atoms with E-state index in [1.165, 1.54) is 0 Å². The minimum absolute atomic E-state index is 0.116. The lowest BCUT2D eigenvalue weighted by Crippen LogP contribution is -2.39. The zero-order chi connectivity index (χ0) is 15.7. The van der Waals surface area contributed by atoms with E-state index in [2.05, 4.69) is 15.1 Å². The summed E-state index contributed by atoms with van der Waals surface area (Å²) in [5.41, 5.74) is 0.452. The standard InChI is InChI=1S/C16H20N4O2/c1-16(2,3)15(21)20-10-4-5-12(20)14-18-13(19-22-14)11-6-8-17-9-7-11/h6-9,12H,4-5,10H2,1-3H3. The molecule has 2 aromatic heterocycles. The SMILES string of the molecule is CC(C)(C)C(=O)N1CCCC1c1nc(-c2ccncc2)no1. The van der Waals surface area contributed by atoms with Crippen LogP contribution >= 0.6 is 0 Å². The Kier molecular flexibility index (Phi) is 3.68. The number of amides is 1. The predicted molar refractivity (Wildman–Crippen MR) is 80.7 cm³/mol. The molecule has 0 saturated carbocycles. The highest BCUT2D eigenvalue weighted by Gasteiger charge is 2.38. The third-order valence-corrected chi connectivity index (χ3v) is 3.82. The van der Waals surface area contributed by atoms with Crippen molar-refractivity contribution in [1.29, 1.82) is 0 Å². The van der Waals surface area contributed by atoms with Gasteiger partial charge in [0, 0.05) is 29.9 Å². The summed E-state index contributed by atoms with van der Waals surface area (Å²) >= 11 is 0. The largest absolute Gasteiger partial charge is 0.337 e. The minimum Gasteiger partial charge on any atom is -0.337 e. The molecule has 3 heterocycles. The zero-order valence-electron chi connectivity index (χ0n) is 13.1. The van der Waals surface area contributed by atoms with Gasteiger partial charge < -0.3 is 9.42 Å². The topological polar surface area (TPSA) is 72.1 Å². The molecular weight excluding hydrogens is 280 g/mol. The Morgan fingerprint density at radius 3 is 2.73 bits per heavy atom. The van der Waals surface area contributed by atoms with Gasteiger partial charge in [0.1, 0.15) is 6.04 Å². The molecule has 116 valence electrons. The van der Waals surface area contributed by atoms with Crippen LogP contribution in [0.3, 0.4) is 0 Å². The first-order chi connectivity index (χ1) is 10.5. The molecule has 22 heavy (non-hydrogen) atoms. The second-order valence-corrected chi connectivity index (χ2v) is 6.60. The molecule has 1 aliphatic rings. The highest BCUT2D eigenvalue weighted by Crippen LogP contribution is 2.35. The number of hydrogen-bond acceptors (Lipinski definition) is 5. The minimum atomic E-state index is -0.406. The van der Waals surface area contributed by atoms with Crippen molar-refractivity contribution in [2.75, 3.05) is 6.54 Å². The highest BCUT2D eigenvalue weighted by atomic mass is 16.5. The van der Waals surface area contributed by atoms with Crippen LogP contribution in [0, 0.1) is 5.41 Å². The maximum atomic E-state index is 12.6.